The fourth-order valence-corrected chi connectivity index (χ4v) is 3.93. The van der Waals surface area contributed by atoms with Gasteiger partial charge in [0.1, 0.15) is 11.5 Å². The zero-order valence-corrected chi connectivity index (χ0v) is 18.1. The Kier molecular flexibility index (Phi) is 6.07. The molecule has 0 aliphatic heterocycles. The number of hydrogen-bond acceptors (Lipinski definition) is 5. The SMILES string of the molecule is Cc1c(C(=O)N(C)Cc2ccccc2)oc2c1/C(=N/NC(=O)c1ccccc1O)CCC2. The molecule has 0 spiro atoms. The van der Waals surface area contributed by atoms with Gasteiger partial charge in [-0.1, -0.05) is 42.5 Å². The number of para-hydroxylation sites is 1. The van der Waals surface area contributed by atoms with Gasteiger partial charge in [0.2, 0.25) is 0 Å². The number of benzene rings is 2. The topological polar surface area (TPSA) is 95.1 Å². The zero-order chi connectivity index (χ0) is 22.7. The van der Waals surface area contributed by atoms with E-state index in [2.05, 4.69) is 10.5 Å². The van der Waals surface area contributed by atoms with Crippen molar-refractivity contribution < 1.29 is 19.1 Å². The van der Waals surface area contributed by atoms with Crippen molar-refractivity contribution in [3.8, 4) is 5.75 Å². The van der Waals surface area contributed by atoms with Crippen LogP contribution in [0.1, 0.15) is 56.2 Å². The van der Waals surface area contributed by atoms with Crippen LogP contribution in [-0.4, -0.2) is 34.6 Å². The molecule has 0 atom stereocenters. The summed E-state index contributed by atoms with van der Waals surface area (Å²) in [5, 5.41) is 14.2. The average Bonchev–Trinajstić information content (AvgIpc) is 3.15. The van der Waals surface area contributed by atoms with Crippen LogP contribution in [0.15, 0.2) is 64.1 Å². The number of carbonyl (C=O) groups is 2. The van der Waals surface area contributed by atoms with E-state index < -0.39 is 5.91 Å². The molecule has 32 heavy (non-hydrogen) atoms. The third kappa shape index (κ3) is 4.27. The number of carbonyl (C=O) groups excluding carboxylic acids is 2. The molecule has 2 amide bonds. The molecule has 1 aliphatic rings. The molecule has 2 N–H and O–H groups in total. The number of aromatic hydroxyl groups is 1. The molecule has 7 nitrogen and oxygen atoms in total. The second kappa shape index (κ2) is 9.09. The van der Waals surface area contributed by atoms with E-state index in [1.54, 1.807) is 24.1 Å². The zero-order valence-electron chi connectivity index (χ0n) is 18.1. The van der Waals surface area contributed by atoms with Gasteiger partial charge in [0, 0.05) is 31.1 Å². The van der Waals surface area contributed by atoms with Crippen molar-refractivity contribution in [1.29, 1.82) is 0 Å². The van der Waals surface area contributed by atoms with Gasteiger partial charge >= 0.3 is 0 Å². The van der Waals surface area contributed by atoms with Crippen molar-refractivity contribution in [1.82, 2.24) is 10.3 Å². The predicted octanol–water partition coefficient (Wildman–Crippen LogP) is 4.04. The normalized spacial score (nSPS) is 14.1. The monoisotopic (exact) mass is 431 g/mol. The second-order valence-electron chi connectivity index (χ2n) is 7.87. The van der Waals surface area contributed by atoms with Gasteiger partial charge in [-0.25, -0.2) is 5.43 Å². The fraction of sp³-hybridized carbons (Fsp3) is 0.240. The molecular formula is C25H25N3O4. The highest BCUT2D eigenvalue weighted by molar-refractivity contribution is 6.07. The summed E-state index contributed by atoms with van der Waals surface area (Å²) >= 11 is 0. The van der Waals surface area contributed by atoms with Crippen LogP contribution in [0.3, 0.4) is 0 Å². The van der Waals surface area contributed by atoms with Crippen LogP contribution >= 0.6 is 0 Å². The largest absolute Gasteiger partial charge is 0.507 e. The smallest absolute Gasteiger partial charge is 0.289 e. The molecule has 1 heterocycles. The Morgan fingerprint density at radius 1 is 1.09 bits per heavy atom. The molecule has 2 aromatic carbocycles. The molecule has 0 saturated carbocycles. The average molecular weight is 431 g/mol. The number of aryl methyl sites for hydroxylation is 1. The third-order valence-electron chi connectivity index (χ3n) is 5.57. The molecule has 1 aromatic heterocycles. The van der Waals surface area contributed by atoms with Crippen LogP contribution < -0.4 is 5.43 Å². The molecule has 1 aliphatic carbocycles. The van der Waals surface area contributed by atoms with Gasteiger partial charge in [-0.15, -0.1) is 0 Å². The fourth-order valence-electron chi connectivity index (χ4n) is 3.93. The first-order valence-corrected chi connectivity index (χ1v) is 10.5. The van der Waals surface area contributed by atoms with Crippen LogP contribution in [0.5, 0.6) is 5.75 Å². The lowest BCUT2D eigenvalue weighted by molar-refractivity contribution is 0.0750. The summed E-state index contributed by atoms with van der Waals surface area (Å²) < 4.78 is 5.97. The molecule has 7 heteroatoms. The maximum atomic E-state index is 13.1. The van der Waals surface area contributed by atoms with Crippen molar-refractivity contribution >= 4 is 17.5 Å². The van der Waals surface area contributed by atoms with Gasteiger partial charge in [0.25, 0.3) is 11.8 Å². The molecule has 0 radical (unpaired) electrons. The highest BCUT2D eigenvalue weighted by atomic mass is 16.4. The molecule has 0 saturated heterocycles. The molecule has 0 bridgehead atoms. The summed E-state index contributed by atoms with van der Waals surface area (Å²) in [6.45, 7) is 2.32. The molecule has 0 fully saturated rings. The molecule has 164 valence electrons. The molecular weight excluding hydrogens is 406 g/mol. The highest BCUT2D eigenvalue weighted by Gasteiger charge is 2.29. The Morgan fingerprint density at radius 2 is 1.81 bits per heavy atom. The molecule has 0 unspecified atom stereocenters. The standard InChI is InChI=1S/C25H25N3O4/c1-16-22-19(26-27-24(30)18-11-6-7-13-20(18)29)12-8-14-21(22)32-23(16)25(31)28(2)15-17-9-4-3-5-10-17/h3-7,9-11,13,29H,8,12,14-15H2,1-2H3,(H,27,30)/b26-19+. The second-order valence-corrected chi connectivity index (χ2v) is 7.87. The number of rotatable bonds is 5. The van der Waals surface area contributed by atoms with E-state index in [1.807, 2.05) is 37.3 Å². The maximum Gasteiger partial charge on any atom is 0.289 e. The van der Waals surface area contributed by atoms with Crippen LogP contribution in [0.4, 0.5) is 0 Å². The number of furan rings is 1. The Morgan fingerprint density at radius 3 is 2.56 bits per heavy atom. The lowest BCUT2D eigenvalue weighted by Crippen LogP contribution is -2.26. The van der Waals surface area contributed by atoms with Gasteiger partial charge in [-0.05, 0) is 37.5 Å². The Hall–Kier alpha value is -3.87. The minimum atomic E-state index is -0.497. The van der Waals surface area contributed by atoms with Crippen molar-refractivity contribution in [3.63, 3.8) is 0 Å². The van der Waals surface area contributed by atoms with E-state index in [1.165, 1.54) is 12.1 Å². The third-order valence-corrected chi connectivity index (χ3v) is 5.57. The summed E-state index contributed by atoms with van der Waals surface area (Å²) in [5.74, 6) is 0.209. The lowest BCUT2D eigenvalue weighted by Gasteiger charge is -2.16. The molecule has 4 rings (SSSR count). The quantitative estimate of drug-likeness (QED) is 0.596. The lowest BCUT2D eigenvalue weighted by atomic mass is 9.93. The van der Waals surface area contributed by atoms with Crippen molar-refractivity contribution in [3.05, 3.63) is 88.4 Å². The number of hydrogen-bond donors (Lipinski definition) is 2. The van der Waals surface area contributed by atoms with E-state index in [-0.39, 0.29) is 17.2 Å². The van der Waals surface area contributed by atoms with Crippen LogP contribution in [0.2, 0.25) is 0 Å². The van der Waals surface area contributed by atoms with E-state index >= 15 is 0 Å². The number of amides is 2. The van der Waals surface area contributed by atoms with Gasteiger partial charge in [-0.2, -0.15) is 5.10 Å². The number of phenols is 1. The van der Waals surface area contributed by atoms with E-state index in [0.717, 1.165) is 23.1 Å². The van der Waals surface area contributed by atoms with Gasteiger partial charge < -0.3 is 14.4 Å². The highest BCUT2D eigenvalue weighted by Crippen LogP contribution is 2.30. The summed E-state index contributed by atoms with van der Waals surface area (Å²) in [7, 11) is 1.75. The summed E-state index contributed by atoms with van der Waals surface area (Å²) in [4.78, 5) is 27.1. The molecule has 3 aromatic rings. The van der Waals surface area contributed by atoms with E-state index in [0.29, 0.717) is 36.6 Å². The van der Waals surface area contributed by atoms with Gasteiger partial charge in [0.15, 0.2) is 5.76 Å². The Labute approximate surface area is 186 Å². The van der Waals surface area contributed by atoms with Gasteiger partial charge in [0.05, 0.1) is 11.3 Å². The number of fused-ring (bicyclic) bond motifs is 1. The first-order valence-electron chi connectivity index (χ1n) is 10.5. The van der Waals surface area contributed by atoms with Crippen LogP contribution in [-0.2, 0) is 13.0 Å². The predicted molar refractivity (Wildman–Crippen MR) is 121 cm³/mol. The number of nitrogens with zero attached hydrogens (tertiary/aromatic N) is 2. The number of hydrazone groups is 1. The van der Waals surface area contributed by atoms with Crippen molar-refractivity contribution in [2.75, 3.05) is 7.05 Å². The minimum Gasteiger partial charge on any atom is -0.507 e. The summed E-state index contributed by atoms with van der Waals surface area (Å²) in [5.41, 5.74) is 5.88. The Balaban J connectivity index is 1.56. The van der Waals surface area contributed by atoms with E-state index in [9.17, 15) is 14.7 Å². The maximum absolute atomic E-state index is 13.1. The summed E-state index contributed by atoms with van der Waals surface area (Å²) in [6, 6.07) is 16.1. The number of phenolic OH excluding ortho intramolecular Hbond substituents is 1. The summed E-state index contributed by atoms with van der Waals surface area (Å²) in [6.07, 6.45) is 2.17. The number of nitrogens with one attached hydrogen (secondary N) is 1. The van der Waals surface area contributed by atoms with Crippen LogP contribution in [0.25, 0.3) is 0 Å². The van der Waals surface area contributed by atoms with E-state index in [4.69, 9.17) is 4.42 Å². The first-order chi connectivity index (χ1) is 15.5. The van der Waals surface area contributed by atoms with Crippen molar-refractivity contribution in [2.24, 2.45) is 5.10 Å². The Bertz CT molecular complexity index is 1180. The van der Waals surface area contributed by atoms with Crippen molar-refractivity contribution in [2.45, 2.75) is 32.7 Å². The van der Waals surface area contributed by atoms with Crippen LogP contribution in [0, 0.1) is 6.92 Å². The first kappa shape index (κ1) is 21.4. The van der Waals surface area contributed by atoms with Gasteiger partial charge in [-0.3, -0.25) is 9.59 Å². The minimum absolute atomic E-state index is 0.108.